The first kappa shape index (κ1) is 15.7. The third-order valence-corrected chi connectivity index (χ3v) is 4.84. The summed E-state index contributed by atoms with van der Waals surface area (Å²) in [4.78, 5) is 12.6. The van der Waals surface area contributed by atoms with E-state index in [-0.39, 0.29) is 5.91 Å². The molecule has 1 fully saturated rings. The van der Waals surface area contributed by atoms with Crippen LogP contribution >= 0.6 is 0 Å². The van der Waals surface area contributed by atoms with Crippen LogP contribution in [-0.2, 0) is 0 Å². The smallest absolute Gasteiger partial charge is 0.257 e. The molecule has 5 nitrogen and oxygen atoms in total. The van der Waals surface area contributed by atoms with Crippen molar-refractivity contribution in [1.82, 2.24) is 10.2 Å². The molecular weight excluding hydrogens is 312 g/mol. The zero-order valence-electron chi connectivity index (χ0n) is 14.1. The van der Waals surface area contributed by atoms with Gasteiger partial charge in [0.1, 0.15) is 0 Å². The van der Waals surface area contributed by atoms with E-state index >= 15 is 0 Å². The van der Waals surface area contributed by atoms with Crippen molar-refractivity contribution in [3.05, 3.63) is 54.2 Å². The Morgan fingerprint density at radius 2 is 1.76 bits per heavy atom. The Bertz CT molecular complexity index is 863. The molecule has 4 rings (SSSR count). The first-order valence-corrected chi connectivity index (χ1v) is 8.90. The van der Waals surface area contributed by atoms with E-state index in [1.165, 1.54) is 32.1 Å². The number of H-pyrrole nitrogens is 1. The summed E-state index contributed by atoms with van der Waals surface area (Å²) in [5, 5.41) is 14.4. The molecule has 0 radical (unpaired) electrons. The number of hydrogen-bond acceptors (Lipinski definition) is 3. The SMILES string of the molecule is O=C(Nc1ccc(NC2CCCCC2)cc1)c1cccc2cn[nH]c12. The molecule has 128 valence electrons. The van der Waals surface area contributed by atoms with Gasteiger partial charge in [-0.3, -0.25) is 9.89 Å². The van der Waals surface area contributed by atoms with Gasteiger partial charge < -0.3 is 10.6 Å². The topological polar surface area (TPSA) is 69.8 Å². The first-order valence-electron chi connectivity index (χ1n) is 8.90. The molecule has 0 atom stereocenters. The Labute approximate surface area is 146 Å². The lowest BCUT2D eigenvalue weighted by Crippen LogP contribution is -2.22. The van der Waals surface area contributed by atoms with Crippen LogP contribution in [0.25, 0.3) is 10.9 Å². The van der Waals surface area contributed by atoms with E-state index in [2.05, 4.69) is 20.8 Å². The highest BCUT2D eigenvalue weighted by atomic mass is 16.1. The quantitative estimate of drug-likeness (QED) is 0.655. The number of carbonyl (C=O) groups excluding carboxylic acids is 1. The number of nitrogens with one attached hydrogen (secondary N) is 3. The van der Waals surface area contributed by atoms with Gasteiger partial charge in [-0.05, 0) is 43.2 Å². The summed E-state index contributed by atoms with van der Waals surface area (Å²) in [6.07, 6.45) is 8.18. The zero-order valence-corrected chi connectivity index (χ0v) is 14.1. The number of rotatable bonds is 4. The molecule has 3 aromatic rings. The molecule has 2 aromatic carbocycles. The maximum absolute atomic E-state index is 12.6. The molecule has 1 saturated carbocycles. The molecule has 0 bridgehead atoms. The fourth-order valence-electron chi connectivity index (χ4n) is 3.49. The minimum absolute atomic E-state index is 0.136. The number of benzene rings is 2. The van der Waals surface area contributed by atoms with Gasteiger partial charge >= 0.3 is 0 Å². The number of aromatic nitrogens is 2. The highest BCUT2D eigenvalue weighted by molar-refractivity contribution is 6.11. The van der Waals surface area contributed by atoms with Gasteiger partial charge in [0.05, 0.1) is 17.3 Å². The number of carbonyl (C=O) groups is 1. The van der Waals surface area contributed by atoms with Crippen LogP contribution < -0.4 is 10.6 Å². The van der Waals surface area contributed by atoms with Gasteiger partial charge in [0.2, 0.25) is 0 Å². The van der Waals surface area contributed by atoms with Gasteiger partial charge in [-0.2, -0.15) is 5.10 Å². The number of para-hydroxylation sites is 1. The normalized spacial score (nSPS) is 15.2. The second-order valence-corrected chi connectivity index (χ2v) is 6.65. The van der Waals surface area contributed by atoms with Crippen molar-refractivity contribution < 1.29 is 4.79 Å². The molecule has 1 heterocycles. The standard InChI is InChI=1S/C20H22N4O/c25-20(18-8-4-5-14-13-21-24-19(14)18)23-17-11-9-16(10-12-17)22-15-6-2-1-3-7-15/h4-5,8-13,15,22H,1-3,6-7H2,(H,21,24)(H,23,25). The molecule has 1 amide bonds. The Hall–Kier alpha value is -2.82. The maximum Gasteiger partial charge on any atom is 0.257 e. The number of hydrogen-bond donors (Lipinski definition) is 3. The fraction of sp³-hybridized carbons (Fsp3) is 0.300. The maximum atomic E-state index is 12.6. The van der Waals surface area contributed by atoms with Crippen molar-refractivity contribution in [2.24, 2.45) is 0 Å². The highest BCUT2D eigenvalue weighted by Crippen LogP contribution is 2.23. The van der Waals surface area contributed by atoms with Gasteiger partial charge in [-0.15, -0.1) is 0 Å². The molecular formula is C20H22N4O. The average molecular weight is 334 g/mol. The van der Waals surface area contributed by atoms with E-state index < -0.39 is 0 Å². The van der Waals surface area contributed by atoms with Crippen molar-refractivity contribution in [2.45, 2.75) is 38.1 Å². The summed E-state index contributed by atoms with van der Waals surface area (Å²) in [7, 11) is 0. The van der Waals surface area contributed by atoms with Crippen LogP contribution in [0, 0.1) is 0 Å². The molecule has 3 N–H and O–H groups in total. The van der Waals surface area contributed by atoms with Crippen LogP contribution in [-0.4, -0.2) is 22.1 Å². The van der Waals surface area contributed by atoms with Crippen molar-refractivity contribution in [2.75, 3.05) is 10.6 Å². The predicted molar refractivity (Wildman–Crippen MR) is 101 cm³/mol. The molecule has 0 saturated heterocycles. The molecule has 25 heavy (non-hydrogen) atoms. The van der Waals surface area contributed by atoms with Crippen molar-refractivity contribution in [3.8, 4) is 0 Å². The molecule has 0 aliphatic heterocycles. The largest absolute Gasteiger partial charge is 0.382 e. The van der Waals surface area contributed by atoms with Crippen LogP contribution in [0.3, 0.4) is 0 Å². The Morgan fingerprint density at radius 3 is 2.56 bits per heavy atom. The van der Waals surface area contributed by atoms with Gasteiger partial charge in [-0.1, -0.05) is 31.4 Å². The molecule has 0 spiro atoms. The molecule has 5 heteroatoms. The van der Waals surface area contributed by atoms with E-state index in [4.69, 9.17) is 0 Å². The summed E-state index contributed by atoms with van der Waals surface area (Å²) in [5.41, 5.74) is 3.26. The lowest BCUT2D eigenvalue weighted by Gasteiger charge is -2.23. The van der Waals surface area contributed by atoms with Crippen molar-refractivity contribution in [3.63, 3.8) is 0 Å². The number of nitrogens with zero attached hydrogens (tertiary/aromatic N) is 1. The zero-order chi connectivity index (χ0) is 17.1. The summed E-state index contributed by atoms with van der Waals surface area (Å²) in [5.74, 6) is -0.136. The van der Waals surface area contributed by atoms with E-state index in [9.17, 15) is 4.79 Å². The van der Waals surface area contributed by atoms with E-state index in [1.54, 1.807) is 12.3 Å². The third-order valence-electron chi connectivity index (χ3n) is 4.84. The van der Waals surface area contributed by atoms with Crippen LogP contribution in [0.5, 0.6) is 0 Å². The second kappa shape index (κ2) is 6.97. The van der Waals surface area contributed by atoms with E-state index in [1.807, 2.05) is 36.4 Å². The van der Waals surface area contributed by atoms with Crippen molar-refractivity contribution >= 4 is 28.2 Å². The first-order chi connectivity index (χ1) is 12.3. The lowest BCUT2D eigenvalue weighted by atomic mass is 9.95. The minimum Gasteiger partial charge on any atom is -0.382 e. The number of anilines is 2. The van der Waals surface area contributed by atoms with Crippen LogP contribution in [0.1, 0.15) is 42.5 Å². The van der Waals surface area contributed by atoms with Crippen LogP contribution in [0.2, 0.25) is 0 Å². The number of fused-ring (bicyclic) bond motifs is 1. The summed E-state index contributed by atoms with van der Waals surface area (Å²) < 4.78 is 0. The molecule has 1 aliphatic carbocycles. The second-order valence-electron chi connectivity index (χ2n) is 6.65. The average Bonchev–Trinajstić information content (AvgIpc) is 3.13. The Morgan fingerprint density at radius 1 is 1.00 bits per heavy atom. The molecule has 0 unspecified atom stereocenters. The molecule has 1 aromatic heterocycles. The number of amides is 1. The monoisotopic (exact) mass is 334 g/mol. The Balaban J connectivity index is 1.44. The lowest BCUT2D eigenvalue weighted by molar-refractivity contribution is 0.102. The minimum atomic E-state index is -0.136. The van der Waals surface area contributed by atoms with Gasteiger partial charge in [0.15, 0.2) is 0 Å². The van der Waals surface area contributed by atoms with E-state index in [0.29, 0.717) is 11.6 Å². The Kier molecular flexibility index (Phi) is 4.37. The predicted octanol–water partition coefficient (Wildman–Crippen LogP) is 4.56. The van der Waals surface area contributed by atoms with Crippen LogP contribution in [0.15, 0.2) is 48.7 Å². The van der Waals surface area contributed by atoms with Crippen LogP contribution in [0.4, 0.5) is 11.4 Å². The highest BCUT2D eigenvalue weighted by Gasteiger charge is 2.14. The fourth-order valence-corrected chi connectivity index (χ4v) is 3.49. The van der Waals surface area contributed by atoms with Gasteiger partial charge in [0, 0.05) is 22.8 Å². The van der Waals surface area contributed by atoms with Gasteiger partial charge in [-0.25, -0.2) is 0 Å². The summed E-state index contributed by atoms with van der Waals surface area (Å²) >= 11 is 0. The number of aromatic amines is 1. The third kappa shape index (κ3) is 3.50. The summed E-state index contributed by atoms with van der Waals surface area (Å²) in [6.45, 7) is 0. The molecule has 1 aliphatic rings. The summed E-state index contributed by atoms with van der Waals surface area (Å²) in [6, 6.07) is 14.1. The van der Waals surface area contributed by atoms with Gasteiger partial charge in [0.25, 0.3) is 5.91 Å². The van der Waals surface area contributed by atoms with E-state index in [0.717, 1.165) is 22.3 Å². The van der Waals surface area contributed by atoms with Crippen molar-refractivity contribution in [1.29, 1.82) is 0 Å².